The number of carbonyl (C=O) groups excluding carboxylic acids is 2. The zero-order valence-electron chi connectivity index (χ0n) is 14.7. The minimum absolute atomic E-state index is 0.0162. The van der Waals surface area contributed by atoms with Crippen LogP contribution < -0.4 is 4.90 Å². The fourth-order valence-electron chi connectivity index (χ4n) is 3.92. The topological polar surface area (TPSA) is 40.6 Å². The van der Waals surface area contributed by atoms with Gasteiger partial charge in [-0.05, 0) is 67.6 Å². The van der Waals surface area contributed by atoms with Gasteiger partial charge in [0.25, 0.3) is 5.91 Å². The smallest absolute Gasteiger partial charge is 0.254 e. The minimum atomic E-state index is -0.469. The largest absolute Gasteiger partial charge is 0.325 e. The molecule has 5 heteroatoms. The molecule has 2 amide bonds. The second kappa shape index (κ2) is 6.88. The van der Waals surface area contributed by atoms with Gasteiger partial charge in [-0.2, -0.15) is 0 Å². The Labute approximate surface area is 161 Å². The molecule has 26 heavy (non-hydrogen) atoms. The number of anilines is 1. The van der Waals surface area contributed by atoms with E-state index in [-0.39, 0.29) is 11.8 Å². The van der Waals surface area contributed by atoms with Crippen molar-refractivity contribution < 1.29 is 9.59 Å². The van der Waals surface area contributed by atoms with Crippen molar-refractivity contribution in [2.45, 2.75) is 32.2 Å². The van der Waals surface area contributed by atoms with Crippen LogP contribution >= 0.6 is 15.9 Å². The van der Waals surface area contributed by atoms with Gasteiger partial charge in [0.15, 0.2) is 0 Å². The van der Waals surface area contributed by atoms with Gasteiger partial charge in [-0.1, -0.05) is 28.1 Å². The number of hydrogen-bond donors (Lipinski definition) is 0. The Balaban J connectivity index is 1.54. The van der Waals surface area contributed by atoms with Crippen molar-refractivity contribution in [1.82, 2.24) is 4.90 Å². The Bertz CT molecular complexity index is 880. The van der Waals surface area contributed by atoms with E-state index < -0.39 is 6.04 Å². The van der Waals surface area contributed by atoms with Crippen molar-refractivity contribution in [1.29, 1.82) is 0 Å². The average Bonchev–Trinajstić information content (AvgIpc) is 3.11. The number of piperazine rings is 1. The summed E-state index contributed by atoms with van der Waals surface area (Å²) in [5.74, 6) is -0.113. The first-order valence-electron chi connectivity index (χ1n) is 9.04. The van der Waals surface area contributed by atoms with Gasteiger partial charge in [0.1, 0.15) is 6.04 Å². The summed E-state index contributed by atoms with van der Waals surface area (Å²) in [4.78, 5) is 29.3. The fraction of sp³-hybridized carbons (Fsp3) is 0.333. The van der Waals surface area contributed by atoms with Gasteiger partial charge in [0, 0.05) is 28.8 Å². The van der Waals surface area contributed by atoms with E-state index in [0.29, 0.717) is 18.7 Å². The first-order chi connectivity index (χ1) is 12.5. The van der Waals surface area contributed by atoms with E-state index in [0.717, 1.165) is 23.0 Å². The molecule has 2 aliphatic rings. The summed E-state index contributed by atoms with van der Waals surface area (Å²) in [6.45, 7) is 2.88. The number of rotatable bonds is 2. The van der Waals surface area contributed by atoms with Crippen LogP contribution in [0, 0.1) is 0 Å². The molecule has 0 spiro atoms. The third-order valence-electron chi connectivity index (χ3n) is 5.38. The molecular formula is C21H21BrN2O2. The summed E-state index contributed by atoms with van der Waals surface area (Å²) < 4.78 is 0.860. The Morgan fingerprint density at radius 1 is 1.08 bits per heavy atom. The summed E-state index contributed by atoms with van der Waals surface area (Å²) in [5, 5.41) is 0. The molecule has 4 rings (SSSR count). The van der Waals surface area contributed by atoms with E-state index in [9.17, 15) is 9.59 Å². The lowest BCUT2D eigenvalue weighted by Gasteiger charge is -2.39. The van der Waals surface area contributed by atoms with Crippen LogP contribution in [0.5, 0.6) is 0 Å². The summed E-state index contributed by atoms with van der Waals surface area (Å²) in [6.07, 6.45) is 3.42. The number of fused-ring (bicyclic) bond motifs is 1. The zero-order valence-corrected chi connectivity index (χ0v) is 16.3. The molecule has 2 aromatic rings. The SMILES string of the molecule is C[C@H]1C(=O)N(c2ccc3c(c2)CCC3)CCN1C(=O)c1cccc(Br)c1. The molecule has 1 aliphatic heterocycles. The number of nitrogens with zero attached hydrogens (tertiary/aromatic N) is 2. The molecule has 2 aromatic carbocycles. The Morgan fingerprint density at radius 2 is 1.88 bits per heavy atom. The Kier molecular flexibility index (Phi) is 4.57. The van der Waals surface area contributed by atoms with Crippen LogP contribution in [0.3, 0.4) is 0 Å². The van der Waals surface area contributed by atoms with Crippen molar-refractivity contribution >= 4 is 33.4 Å². The number of halogens is 1. The van der Waals surface area contributed by atoms with Crippen molar-refractivity contribution in [2.24, 2.45) is 0 Å². The molecule has 0 N–H and O–H groups in total. The molecule has 0 saturated carbocycles. The predicted octanol–water partition coefficient (Wildman–Crippen LogP) is 3.82. The monoisotopic (exact) mass is 412 g/mol. The van der Waals surface area contributed by atoms with Gasteiger partial charge < -0.3 is 9.80 Å². The van der Waals surface area contributed by atoms with E-state index in [2.05, 4.69) is 28.1 Å². The highest BCUT2D eigenvalue weighted by Gasteiger charge is 2.35. The second-order valence-corrected chi connectivity index (χ2v) is 7.90. The predicted molar refractivity (Wildman–Crippen MR) is 105 cm³/mol. The van der Waals surface area contributed by atoms with Gasteiger partial charge in [0.2, 0.25) is 5.91 Å². The maximum Gasteiger partial charge on any atom is 0.254 e. The molecule has 1 atom stereocenters. The van der Waals surface area contributed by atoms with E-state index in [4.69, 9.17) is 0 Å². The number of hydrogen-bond acceptors (Lipinski definition) is 2. The van der Waals surface area contributed by atoms with Gasteiger partial charge >= 0.3 is 0 Å². The molecule has 1 fully saturated rings. The highest BCUT2D eigenvalue weighted by molar-refractivity contribution is 9.10. The third-order valence-corrected chi connectivity index (χ3v) is 5.87. The number of benzene rings is 2. The number of carbonyl (C=O) groups is 2. The molecule has 1 aliphatic carbocycles. The van der Waals surface area contributed by atoms with Crippen LogP contribution in [0.15, 0.2) is 46.9 Å². The van der Waals surface area contributed by atoms with E-state index >= 15 is 0 Å². The molecule has 0 bridgehead atoms. The van der Waals surface area contributed by atoms with Crippen LogP contribution in [-0.2, 0) is 17.6 Å². The summed E-state index contributed by atoms with van der Waals surface area (Å²) in [5.41, 5.74) is 4.32. The fourth-order valence-corrected chi connectivity index (χ4v) is 4.32. The lowest BCUT2D eigenvalue weighted by atomic mass is 10.1. The molecule has 4 nitrogen and oxygen atoms in total. The van der Waals surface area contributed by atoms with Crippen LogP contribution in [0.2, 0.25) is 0 Å². The molecule has 0 unspecified atom stereocenters. The molecule has 1 heterocycles. The third kappa shape index (κ3) is 3.05. The van der Waals surface area contributed by atoms with E-state index in [1.54, 1.807) is 17.0 Å². The van der Waals surface area contributed by atoms with Crippen molar-refractivity contribution in [2.75, 3.05) is 18.0 Å². The highest BCUT2D eigenvalue weighted by Crippen LogP contribution is 2.29. The maximum absolute atomic E-state index is 13.0. The molecule has 1 saturated heterocycles. The van der Waals surface area contributed by atoms with E-state index in [1.807, 2.05) is 30.0 Å². The lowest BCUT2D eigenvalue weighted by Crippen LogP contribution is -2.57. The van der Waals surface area contributed by atoms with Crippen molar-refractivity contribution in [3.8, 4) is 0 Å². The normalized spacial score (nSPS) is 19.6. The lowest BCUT2D eigenvalue weighted by molar-refractivity contribution is -0.124. The van der Waals surface area contributed by atoms with Crippen LogP contribution in [0.4, 0.5) is 5.69 Å². The molecule has 134 valence electrons. The Hall–Kier alpha value is -2.14. The van der Waals surface area contributed by atoms with Crippen LogP contribution in [-0.4, -0.2) is 35.8 Å². The van der Waals surface area contributed by atoms with Crippen LogP contribution in [0.25, 0.3) is 0 Å². The molecular weight excluding hydrogens is 392 g/mol. The standard InChI is InChI=1S/C21H21BrN2O2/c1-14-20(25)24(19-9-8-15-4-2-5-16(15)13-19)11-10-23(14)21(26)17-6-3-7-18(22)12-17/h3,6-9,12-14H,2,4-5,10-11H2,1H3/t14-/m0/s1. The van der Waals surface area contributed by atoms with Gasteiger partial charge in [0.05, 0.1) is 0 Å². The highest BCUT2D eigenvalue weighted by atomic mass is 79.9. The zero-order chi connectivity index (χ0) is 18.3. The first-order valence-corrected chi connectivity index (χ1v) is 9.83. The number of amides is 2. The Morgan fingerprint density at radius 3 is 2.69 bits per heavy atom. The minimum Gasteiger partial charge on any atom is -0.325 e. The summed E-state index contributed by atoms with van der Waals surface area (Å²) in [6, 6.07) is 13.2. The van der Waals surface area contributed by atoms with E-state index in [1.165, 1.54) is 17.5 Å². The quantitative estimate of drug-likeness (QED) is 0.751. The van der Waals surface area contributed by atoms with Crippen molar-refractivity contribution in [3.63, 3.8) is 0 Å². The number of aryl methyl sites for hydroxylation is 2. The second-order valence-electron chi connectivity index (χ2n) is 6.98. The van der Waals surface area contributed by atoms with Gasteiger partial charge in [-0.3, -0.25) is 9.59 Å². The average molecular weight is 413 g/mol. The van der Waals surface area contributed by atoms with Crippen LogP contribution in [0.1, 0.15) is 34.8 Å². The summed E-state index contributed by atoms with van der Waals surface area (Å²) in [7, 11) is 0. The molecule has 0 radical (unpaired) electrons. The summed E-state index contributed by atoms with van der Waals surface area (Å²) >= 11 is 3.40. The maximum atomic E-state index is 13.0. The van der Waals surface area contributed by atoms with Gasteiger partial charge in [-0.25, -0.2) is 0 Å². The van der Waals surface area contributed by atoms with Gasteiger partial charge in [-0.15, -0.1) is 0 Å². The van der Waals surface area contributed by atoms with Crippen molar-refractivity contribution in [3.05, 3.63) is 63.6 Å². The first kappa shape index (κ1) is 17.3. The molecule has 0 aromatic heterocycles.